The summed E-state index contributed by atoms with van der Waals surface area (Å²) in [5.41, 5.74) is 9.88. The van der Waals surface area contributed by atoms with Crippen molar-refractivity contribution in [3.63, 3.8) is 0 Å². The van der Waals surface area contributed by atoms with E-state index in [1.54, 1.807) is 0 Å². The highest BCUT2D eigenvalue weighted by atomic mass is 32.1. The quantitative estimate of drug-likeness (QED) is 0.756. The van der Waals surface area contributed by atoms with Crippen LogP contribution in [0.15, 0.2) is 45.4 Å². The number of nitrogens with two attached hydrogens (primary N) is 1. The van der Waals surface area contributed by atoms with Gasteiger partial charge in [0.2, 0.25) is 0 Å². The lowest BCUT2D eigenvalue weighted by atomic mass is 9.81. The summed E-state index contributed by atoms with van der Waals surface area (Å²) in [7, 11) is 0. The number of nitrogen functional groups attached to an aromatic ring is 1. The molecule has 0 amide bonds. The van der Waals surface area contributed by atoms with Crippen LogP contribution in [0.1, 0.15) is 24.1 Å². The van der Waals surface area contributed by atoms with Crippen molar-refractivity contribution in [1.29, 1.82) is 5.26 Å². The van der Waals surface area contributed by atoms with Gasteiger partial charge in [-0.25, -0.2) is 9.37 Å². The van der Waals surface area contributed by atoms with Crippen LogP contribution < -0.4 is 11.1 Å². The molecule has 4 N–H and O–H groups in total. The lowest BCUT2D eigenvalue weighted by Gasteiger charge is -2.28. The first kappa shape index (κ1) is 16.3. The Morgan fingerprint density at radius 1 is 1.46 bits per heavy atom. The van der Waals surface area contributed by atoms with Crippen LogP contribution in [0.3, 0.4) is 0 Å². The number of hydrogen-bond acceptors (Lipinski definition) is 7. The van der Waals surface area contributed by atoms with Gasteiger partial charge in [-0.2, -0.15) is 5.26 Å². The maximum Gasteiger partial charge on any atom is 0.180 e. The second-order valence-electron chi connectivity index (χ2n) is 6.03. The van der Waals surface area contributed by atoms with E-state index in [-0.39, 0.29) is 11.3 Å². The van der Waals surface area contributed by atoms with Crippen molar-refractivity contribution in [1.82, 2.24) is 10.3 Å². The molecule has 0 radical (unpaired) electrons. The number of aliphatic imine (C=N–C) groups is 1. The number of anilines is 1. The minimum atomic E-state index is -0.614. The Morgan fingerprint density at radius 3 is 2.92 bits per heavy atom. The Bertz CT molecular complexity index is 1060. The third-order valence-electron chi connectivity index (χ3n) is 4.49. The number of nitriles is 1. The molecular formula is C18H14FN5OS. The molecule has 6 nitrogen and oxygen atoms in total. The number of aromatic nitrogens is 1. The first-order chi connectivity index (χ1) is 12.5. The fourth-order valence-corrected chi connectivity index (χ4v) is 3.94. The van der Waals surface area contributed by atoms with Crippen molar-refractivity contribution in [3.8, 4) is 11.8 Å². The zero-order valence-electron chi connectivity index (χ0n) is 13.7. The normalized spacial score (nSPS) is 19.1. The van der Waals surface area contributed by atoms with Crippen LogP contribution in [0.4, 0.5) is 9.52 Å². The first-order valence-electron chi connectivity index (χ1n) is 7.85. The van der Waals surface area contributed by atoms with Gasteiger partial charge in [0.15, 0.2) is 5.13 Å². The highest BCUT2D eigenvalue weighted by Crippen LogP contribution is 2.43. The standard InChI is InChI=1S/C18H14FN5OS/c1-8-15-13(6-22-8)23-17(10-3-2-9(25)4-12(10)19)11(5-20)16(15)14-7-26-18(21)24-14/h2-4,7,16,23,25H,6H2,1H3,(H2,21,24). The lowest BCUT2D eigenvalue weighted by molar-refractivity contribution is 0.468. The molecule has 2 aromatic rings. The number of hydrogen-bond donors (Lipinski definition) is 3. The fourth-order valence-electron chi connectivity index (χ4n) is 3.35. The molecule has 1 atom stereocenters. The van der Waals surface area contributed by atoms with Crippen LogP contribution in [-0.4, -0.2) is 22.3 Å². The van der Waals surface area contributed by atoms with Gasteiger partial charge in [0.05, 0.1) is 35.5 Å². The van der Waals surface area contributed by atoms with Crippen LogP contribution in [0.5, 0.6) is 5.75 Å². The number of halogens is 1. The van der Waals surface area contributed by atoms with E-state index < -0.39 is 11.7 Å². The van der Waals surface area contributed by atoms with Crippen molar-refractivity contribution in [2.24, 2.45) is 4.99 Å². The molecule has 2 aliphatic heterocycles. The van der Waals surface area contributed by atoms with E-state index in [1.165, 1.54) is 23.5 Å². The Balaban J connectivity index is 1.94. The fraction of sp³-hybridized carbons (Fsp3) is 0.167. The third-order valence-corrected chi connectivity index (χ3v) is 5.18. The predicted octanol–water partition coefficient (Wildman–Crippen LogP) is 2.92. The molecule has 130 valence electrons. The summed E-state index contributed by atoms with van der Waals surface area (Å²) in [5, 5.41) is 24.7. The van der Waals surface area contributed by atoms with Gasteiger partial charge in [-0.1, -0.05) is 0 Å². The number of dihydropyridines is 1. The van der Waals surface area contributed by atoms with E-state index >= 15 is 0 Å². The van der Waals surface area contributed by atoms with Crippen molar-refractivity contribution in [3.05, 3.63) is 57.5 Å². The number of benzene rings is 1. The number of thiazole rings is 1. The minimum Gasteiger partial charge on any atom is -0.508 e. The Kier molecular flexibility index (Phi) is 3.74. The Labute approximate surface area is 152 Å². The van der Waals surface area contributed by atoms with Crippen LogP contribution in [0, 0.1) is 17.1 Å². The highest BCUT2D eigenvalue weighted by molar-refractivity contribution is 7.13. The van der Waals surface area contributed by atoms with Crippen molar-refractivity contribution < 1.29 is 9.50 Å². The van der Waals surface area contributed by atoms with E-state index in [0.717, 1.165) is 23.0 Å². The van der Waals surface area contributed by atoms with Crippen LogP contribution >= 0.6 is 11.3 Å². The molecule has 8 heteroatoms. The van der Waals surface area contributed by atoms with Crippen LogP contribution in [-0.2, 0) is 0 Å². The number of nitrogens with zero attached hydrogens (tertiary/aromatic N) is 3. The van der Waals surface area contributed by atoms with Crippen molar-refractivity contribution in [2.75, 3.05) is 12.3 Å². The summed E-state index contributed by atoms with van der Waals surface area (Å²) in [5.74, 6) is -1.25. The molecule has 1 unspecified atom stereocenters. The predicted molar refractivity (Wildman–Crippen MR) is 98.0 cm³/mol. The van der Waals surface area contributed by atoms with Crippen LogP contribution in [0.25, 0.3) is 5.70 Å². The number of rotatable bonds is 2. The molecule has 0 bridgehead atoms. The molecule has 0 spiro atoms. The van der Waals surface area contributed by atoms with E-state index in [4.69, 9.17) is 5.73 Å². The number of phenolic OH excluding ortho intramolecular Hbond substituents is 1. The van der Waals surface area contributed by atoms with Gasteiger partial charge in [0.1, 0.15) is 11.6 Å². The molecule has 2 aliphatic rings. The lowest BCUT2D eigenvalue weighted by Crippen LogP contribution is -2.27. The molecule has 26 heavy (non-hydrogen) atoms. The summed E-state index contributed by atoms with van der Waals surface area (Å²) >= 11 is 1.29. The number of nitrogens with one attached hydrogen (secondary N) is 1. The topological polar surface area (TPSA) is 107 Å². The average molecular weight is 367 g/mol. The van der Waals surface area contributed by atoms with Gasteiger partial charge in [-0.3, -0.25) is 4.99 Å². The minimum absolute atomic E-state index is 0.176. The zero-order valence-corrected chi connectivity index (χ0v) is 14.6. The largest absolute Gasteiger partial charge is 0.508 e. The van der Waals surface area contributed by atoms with Gasteiger partial charge in [0.25, 0.3) is 0 Å². The van der Waals surface area contributed by atoms with E-state index in [0.29, 0.717) is 28.6 Å². The second kappa shape index (κ2) is 5.97. The summed E-state index contributed by atoms with van der Waals surface area (Å²) in [6, 6.07) is 6.07. The smallest absolute Gasteiger partial charge is 0.180 e. The maximum atomic E-state index is 14.5. The molecule has 1 aromatic carbocycles. The summed E-state index contributed by atoms with van der Waals surface area (Å²) < 4.78 is 14.5. The van der Waals surface area contributed by atoms with E-state index in [2.05, 4.69) is 21.4 Å². The maximum absolute atomic E-state index is 14.5. The van der Waals surface area contributed by atoms with Crippen LogP contribution in [0.2, 0.25) is 0 Å². The summed E-state index contributed by atoms with van der Waals surface area (Å²) in [4.78, 5) is 8.80. The molecule has 1 aromatic heterocycles. The SMILES string of the molecule is CC1=NCC2=C1C(c1csc(N)n1)C(C#N)=C(c1ccc(O)cc1F)N2. The van der Waals surface area contributed by atoms with Gasteiger partial charge in [0, 0.05) is 34.0 Å². The molecule has 0 saturated carbocycles. The average Bonchev–Trinajstić information content (AvgIpc) is 3.19. The monoisotopic (exact) mass is 367 g/mol. The van der Waals surface area contributed by atoms with E-state index in [1.807, 2.05) is 12.3 Å². The molecule has 3 heterocycles. The molecular weight excluding hydrogens is 353 g/mol. The van der Waals surface area contributed by atoms with Crippen molar-refractivity contribution in [2.45, 2.75) is 12.8 Å². The highest BCUT2D eigenvalue weighted by Gasteiger charge is 2.37. The summed E-state index contributed by atoms with van der Waals surface area (Å²) in [6.07, 6.45) is 0. The van der Waals surface area contributed by atoms with Gasteiger partial charge in [-0.15, -0.1) is 11.3 Å². The van der Waals surface area contributed by atoms with Gasteiger partial charge in [-0.05, 0) is 19.1 Å². The molecule has 0 aliphatic carbocycles. The van der Waals surface area contributed by atoms with Gasteiger partial charge >= 0.3 is 0 Å². The number of phenols is 1. The van der Waals surface area contributed by atoms with Gasteiger partial charge < -0.3 is 16.2 Å². The number of allylic oxidation sites excluding steroid dienone is 2. The third kappa shape index (κ3) is 2.45. The zero-order chi connectivity index (χ0) is 18.4. The molecule has 4 rings (SSSR count). The second-order valence-corrected chi connectivity index (χ2v) is 6.92. The molecule has 0 fully saturated rings. The number of aromatic hydroxyl groups is 1. The Hall–Kier alpha value is -3.18. The summed E-state index contributed by atoms with van der Waals surface area (Å²) in [6.45, 7) is 2.31. The van der Waals surface area contributed by atoms with Crippen molar-refractivity contribution >= 4 is 27.9 Å². The van der Waals surface area contributed by atoms with E-state index in [9.17, 15) is 14.8 Å². The Morgan fingerprint density at radius 2 is 2.27 bits per heavy atom. The molecule has 0 saturated heterocycles. The first-order valence-corrected chi connectivity index (χ1v) is 8.73.